The van der Waals surface area contributed by atoms with Crippen molar-refractivity contribution >= 4 is 23.8 Å². The van der Waals surface area contributed by atoms with E-state index in [1.54, 1.807) is 0 Å². The van der Waals surface area contributed by atoms with E-state index in [-0.39, 0.29) is 0 Å². The number of nitrogens with zero attached hydrogens (tertiary/aromatic N) is 1. The van der Waals surface area contributed by atoms with Crippen molar-refractivity contribution in [2.24, 2.45) is 0 Å². The maximum absolute atomic E-state index is 12.4. The zero-order chi connectivity index (χ0) is 14.9. The van der Waals surface area contributed by atoms with Gasteiger partial charge in [0.2, 0.25) is 5.91 Å². The molecule has 20 heavy (non-hydrogen) atoms. The van der Waals surface area contributed by atoms with Crippen LogP contribution in [-0.2, 0) is 14.4 Å². The van der Waals surface area contributed by atoms with Crippen LogP contribution in [0.1, 0.15) is 32.6 Å². The highest BCUT2D eigenvalue weighted by Crippen LogP contribution is 2.35. The lowest BCUT2D eigenvalue weighted by atomic mass is 9.97. The van der Waals surface area contributed by atoms with E-state index in [9.17, 15) is 19.2 Å². The van der Waals surface area contributed by atoms with E-state index >= 15 is 0 Å². The first kappa shape index (κ1) is 14.3. The summed E-state index contributed by atoms with van der Waals surface area (Å²) in [7, 11) is 0. The normalized spacial score (nSPS) is 21.9. The molecule has 2 rings (SSSR count). The topological polar surface area (TPSA) is 116 Å². The van der Waals surface area contributed by atoms with Crippen molar-refractivity contribution < 1.29 is 24.3 Å². The largest absolute Gasteiger partial charge is 0.480 e. The summed E-state index contributed by atoms with van der Waals surface area (Å²) in [6, 6.07) is -1.61. The fraction of sp³-hybridized carbons (Fsp3) is 0.667. The summed E-state index contributed by atoms with van der Waals surface area (Å²) >= 11 is 0. The van der Waals surface area contributed by atoms with E-state index in [1.807, 2.05) is 0 Å². The average Bonchev–Trinajstić information content (AvgIpc) is 2.93. The van der Waals surface area contributed by atoms with Gasteiger partial charge in [-0.2, -0.15) is 0 Å². The third-order valence-electron chi connectivity index (χ3n) is 3.83. The Hall–Kier alpha value is -2.12. The zero-order valence-corrected chi connectivity index (χ0v) is 11.1. The molecule has 0 aromatic heterocycles. The summed E-state index contributed by atoms with van der Waals surface area (Å²) in [6.07, 6.45) is 2.88. The predicted molar refractivity (Wildman–Crippen MR) is 66.7 cm³/mol. The van der Waals surface area contributed by atoms with Crippen molar-refractivity contribution in [2.75, 3.05) is 6.54 Å². The van der Waals surface area contributed by atoms with Crippen LogP contribution in [0.4, 0.5) is 4.79 Å². The smallest absolute Gasteiger partial charge is 0.325 e. The van der Waals surface area contributed by atoms with Crippen molar-refractivity contribution in [3.05, 3.63) is 0 Å². The van der Waals surface area contributed by atoms with E-state index in [4.69, 9.17) is 5.11 Å². The molecule has 3 N–H and O–H groups in total. The van der Waals surface area contributed by atoms with Crippen LogP contribution in [0.5, 0.6) is 0 Å². The molecule has 1 unspecified atom stereocenters. The fourth-order valence-electron chi connectivity index (χ4n) is 2.74. The van der Waals surface area contributed by atoms with Gasteiger partial charge >= 0.3 is 12.0 Å². The summed E-state index contributed by atoms with van der Waals surface area (Å²) in [5.74, 6) is -2.24. The third kappa shape index (κ3) is 2.33. The van der Waals surface area contributed by atoms with E-state index in [0.29, 0.717) is 12.8 Å². The summed E-state index contributed by atoms with van der Waals surface area (Å²) in [5.41, 5.74) is -0.863. The fourth-order valence-corrected chi connectivity index (χ4v) is 2.74. The molecule has 0 aromatic rings. The van der Waals surface area contributed by atoms with Crippen molar-refractivity contribution in [3.63, 3.8) is 0 Å². The number of hydrogen-bond acceptors (Lipinski definition) is 4. The first-order chi connectivity index (χ1) is 9.37. The van der Waals surface area contributed by atoms with Crippen LogP contribution in [0, 0.1) is 0 Å². The van der Waals surface area contributed by atoms with E-state index in [0.717, 1.165) is 17.7 Å². The number of carboxylic acid groups (broad SMARTS) is 1. The maximum Gasteiger partial charge on any atom is 0.325 e. The number of carbonyl (C=O) groups excluding carboxylic acids is 3. The van der Waals surface area contributed by atoms with Gasteiger partial charge in [0.1, 0.15) is 18.1 Å². The Morgan fingerprint density at radius 3 is 2.55 bits per heavy atom. The van der Waals surface area contributed by atoms with Crippen molar-refractivity contribution in [1.29, 1.82) is 0 Å². The third-order valence-corrected chi connectivity index (χ3v) is 3.83. The molecule has 1 aliphatic carbocycles. The molecule has 0 bridgehead atoms. The van der Waals surface area contributed by atoms with Gasteiger partial charge < -0.3 is 15.7 Å². The second-order valence-corrected chi connectivity index (χ2v) is 5.18. The number of carboxylic acids is 1. The highest BCUT2D eigenvalue weighted by atomic mass is 16.4. The van der Waals surface area contributed by atoms with Crippen LogP contribution in [0.3, 0.4) is 0 Å². The molecule has 1 saturated heterocycles. The number of amides is 4. The Bertz CT molecular complexity index is 470. The summed E-state index contributed by atoms with van der Waals surface area (Å²) in [6.45, 7) is 0.862. The molecule has 1 spiro atoms. The number of imide groups is 1. The minimum absolute atomic E-state index is 0.391. The lowest BCUT2D eigenvalue weighted by molar-refractivity contribution is -0.140. The minimum atomic E-state index is -1.19. The van der Waals surface area contributed by atoms with Crippen molar-refractivity contribution in [3.8, 4) is 0 Å². The molecule has 8 heteroatoms. The Morgan fingerprint density at radius 2 is 2.00 bits per heavy atom. The van der Waals surface area contributed by atoms with Gasteiger partial charge in [0.05, 0.1) is 0 Å². The van der Waals surface area contributed by atoms with Gasteiger partial charge in [-0.05, 0) is 19.8 Å². The molecule has 1 atom stereocenters. The molecule has 1 aliphatic heterocycles. The molecule has 2 fully saturated rings. The quantitative estimate of drug-likeness (QED) is 0.598. The average molecular weight is 283 g/mol. The van der Waals surface area contributed by atoms with Crippen LogP contribution in [0.2, 0.25) is 0 Å². The van der Waals surface area contributed by atoms with Crippen LogP contribution >= 0.6 is 0 Å². The SMILES string of the molecule is CC(C(=O)NCC(=O)O)N1C(=O)NC2(CCCC2)C1=O. The maximum atomic E-state index is 12.4. The number of aliphatic carboxylic acids is 1. The number of carbonyl (C=O) groups is 4. The molecule has 1 heterocycles. The molecule has 8 nitrogen and oxygen atoms in total. The lowest BCUT2D eigenvalue weighted by Gasteiger charge is -2.23. The number of rotatable bonds is 4. The van der Waals surface area contributed by atoms with Gasteiger partial charge in [0, 0.05) is 0 Å². The van der Waals surface area contributed by atoms with Gasteiger partial charge in [-0.15, -0.1) is 0 Å². The number of urea groups is 1. The molecule has 1 saturated carbocycles. The van der Waals surface area contributed by atoms with Crippen LogP contribution in [0.25, 0.3) is 0 Å². The Balaban J connectivity index is 2.08. The molecule has 0 aromatic carbocycles. The molecular formula is C12H17N3O5. The summed E-state index contributed by atoms with van der Waals surface area (Å²) in [5, 5.41) is 13.3. The van der Waals surface area contributed by atoms with Gasteiger partial charge in [0.25, 0.3) is 5.91 Å². The molecule has 0 radical (unpaired) electrons. The van der Waals surface area contributed by atoms with Crippen molar-refractivity contribution in [2.45, 2.75) is 44.2 Å². The second-order valence-electron chi connectivity index (χ2n) is 5.18. The van der Waals surface area contributed by atoms with Gasteiger partial charge in [-0.3, -0.25) is 14.4 Å². The highest BCUT2D eigenvalue weighted by molar-refractivity contribution is 6.10. The predicted octanol–water partition coefficient (Wildman–Crippen LogP) is -0.560. The van der Waals surface area contributed by atoms with Gasteiger partial charge in [-0.1, -0.05) is 12.8 Å². The van der Waals surface area contributed by atoms with E-state index < -0.39 is 41.9 Å². The Kier molecular flexibility index (Phi) is 3.65. The Morgan fingerprint density at radius 1 is 1.40 bits per heavy atom. The summed E-state index contributed by atoms with van der Waals surface area (Å²) < 4.78 is 0. The second kappa shape index (κ2) is 5.10. The number of hydrogen-bond donors (Lipinski definition) is 3. The van der Waals surface area contributed by atoms with E-state index in [2.05, 4.69) is 10.6 Å². The van der Waals surface area contributed by atoms with Crippen LogP contribution in [-0.4, -0.2) is 51.9 Å². The molecular weight excluding hydrogens is 266 g/mol. The molecule has 4 amide bonds. The van der Waals surface area contributed by atoms with Crippen LogP contribution in [0.15, 0.2) is 0 Å². The lowest BCUT2D eigenvalue weighted by Crippen LogP contribution is -2.50. The first-order valence-electron chi connectivity index (χ1n) is 6.53. The summed E-state index contributed by atoms with van der Waals surface area (Å²) in [4.78, 5) is 47.4. The monoisotopic (exact) mass is 283 g/mol. The van der Waals surface area contributed by atoms with Gasteiger partial charge in [-0.25, -0.2) is 9.69 Å². The first-order valence-corrected chi connectivity index (χ1v) is 6.53. The van der Waals surface area contributed by atoms with Crippen LogP contribution < -0.4 is 10.6 Å². The number of nitrogens with one attached hydrogen (secondary N) is 2. The molecule has 110 valence electrons. The zero-order valence-electron chi connectivity index (χ0n) is 11.1. The minimum Gasteiger partial charge on any atom is -0.480 e. The van der Waals surface area contributed by atoms with Gasteiger partial charge in [0.15, 0.2) is 0 Å². The molecule has 2 aliphatic rings. The standard InChI is InChI=1S/C12H17N3O5/c1-7(9(18)13-6-8(16)17)15-10(19)12(14-11(15)20)4-2-3-5-12/h7H,2-6H2,1H3,(H,13,18)(H,14,20)(H,16,17). The van der Waals surface area contributed by atoms with E-state index in [1.165, 1.54) is 6.92 Å². The van der Waals surface area contributed by atoms with Crippen molar-refractivity contribution in [1.82, 2.24) is 15.5 Å². The highest BCUT2D eigenvalue weighted by Gasteiger charge is 2.54. The Labute approximate surface area is 115 Å².